The molecular weight excluding hydrogens is 290 g/mol. The first-order chi connectivity index (χ1) is 9.98. The van der Waals surface area contributed by atoms with E-state index in [1.54, 1.807) is 0 Å². The average molecular weight is 313 g/mol. The Morgan fingerprint density at radius 2 is 1.36 bits per heavy atom. The largest absolute Gasteiger partial charge is 0.479 e. The number of carboxylic acid groups (broad SMARTS) is 2. The number of rotatable bonds is 5. The molecule has 1 aromatic rings. The quantitative estimate of drug-likeness (QED) is 0.530. The Hall–Kier alpha value is -1.96. The fourth-order valence-electron chi connectivity index (χ4n) is 1.44. The summed E-state index contributed by atoms with van der Waals surface area (Å²) in [7, 11) is 0. The molecule has 1 rings (SSSR count). The van der Waals surface area contributed by atoms with Crippen LogP contribution in [0.2, 0.25) is 0 Å². The monoisotopic (exact) mass is 313 g/mol. The van der Waals surface area contributed by atoms with Crippen LogP contribution >= 0.6 is 0 Å². The minimum absolute atomic E-state index is 0.138. The van der Waals surface area contributed by atoms with Gasteiger partial charge >= 0.3 is 11.9 Å². The molecule has 0 aliphatic carbocycles. The van der Waals surface area contributed by atoms with Gasteiger partial charge in [0, 0.05) is 5.54 Å². The van der Waals surface area contributed by atoms with E-state index >= 15 is 0 Å². The molecule has 0 saturated heterocycles. The number of hydrogen-bond acceptors (Lipinski definition) is 5. The molecule has 1 aromatic carbocycles. The van der Waals surface area contributed by atoms with Crippen LogP contribution in [0.3, 0.4) is 0 Å². The molecule has 0 fully saturated rings. The van der Waals surface area contributed by atoms with Crippen molar-refractivity contribution in [1.82, 2.24) is 0 Å². The predicted molar refractivity (Wildman–Crippen MR) is 80.4 cm³/mol. The van der Waals surface area contributed by atoms with Crippen LogP contribution in [0.15, 0.2) is 30.3 Å². The zero-order valence-electron chi connectivity index (χ0n) is 12.8. The van der Waals surface area contributed by atoms with Gasteiger partial charge in [-0.3, -0.25) is 0 Å². The minimum Gasteiger partial charge on any atom is -0.479 e. The van der Waals surface area contributed by atoms with E-state index in [0.29, 0.717) is 5.92 Å². The third-order valence-electron chi connectivity index (χ3n) is 3.22. The van der Waals surface area contributed by atoms with Crippen LogP contribution in [0.1, 0.15) is 32.3 Å². The van der Waals surface area contributed by atoms with E-state index in [4.69, 9.17) is 26.2 Å². The van der Waals surface area contributed by atoms with Crippen LogP contribution in [-0.2, 0) is 9.59 Å². The first kappa shape index (κ1) is 20.0. The second kappa shape index (κ2) is 8.47. The number of carboxylic acids is 2. The first-order valence-electron chi connectivity index (χ1n) is 6.64. The molecule has 124 valence electrons. The highest BCUT2D eigenvalue weighted by molar-refractivity contribution is 5.83. The van der Waals surface area contributed by atoms with Crippen molar-refractivity contribution in [2.24, 2.45) is 5.73 Å². The maximum absolute atomic E-state index is 9.77. The molecule has 22 heavy (non-hydrogen) atoms. The molecule has 0 aliphatic rings. The van der Waals surface area contributed by atoms with Crippen molar-refractivity contribution in [3.63, 3.8) is 0 Å². The third kappa shape index (κ3) is 6.66. The zero-order chi connectivity index (χ0) is 17.5. The van der Waals surface area contributed by atoms with Crippen molar-refractivity contribution in [2.45, 2.75) is 44.4 Å². The van der Waals surface area contributed by atoms with Crippen molar-refractivity contribution in [3.8, 4) is 0 Å². The van der Waals surface area contributed by atoms with Crippen LogP contribution in [-0.4, -0.2) is 50.1 Å². The lowest BCUT2D eigenvalue weighted by Crippen LogP contribution is -2.39. The van der Waals surface area contributed by atoms with Crippen molar-refractivity contribution in [1.29, 1.82) is 0 Å². The van der Waals surface area contributed by atoms with Crippen molar-refractivity contribution >= 4 is 11.9 Å². The first-order valence-corrected chi connectivity index (χ1v) is 6.64. The van der Waals surface area contributed by atoms with Gasteiger partial charge in [0.15, 0.2) is 12.2 Å². The third-order valence-corrected chi connectivity index (χ3v) is 3.22. The van der Waals surface area contributed by atoms with Crippen LogP contribution in [0.25, 0.3) is 0 Å². The molecule has 0 heterocycles. The van der Waals surface area contributed by atoms with Gasteiger partial charge in [-0.25, -0.2) is 9.59 Å². The Balaban J connectivity index is 0.000000409. The summed E-state index contributed by atoms with van der Waals surface area (Å²) in [4.78, 5) is 19.5. The fraction of sp³-hybridized carbons (Fsp3) is 0.467. The normalized spacial score (nSPS) is 15.0. The van der Waals surface area contributed by atoms with Crippen molar-refractivity contribution in [2.75, 3.05) is 0 Å². The Kier molecular flexibility index (Phi) is 7.72. The molecule has 0 amide bonds. The number of hydrogen-bond donors (Lipinski definition) is 5. The molecule has 7 nitrogen and oxygen atoms in total. The second-order valence-corrected chi connectivity index (χ2v) is 5.52. The predicted octanol–water partition coefficient (Wildman–Crippen LogP) is 0.405. The Bertz CT molecular complexity index is 465. The van der Waals surface area contributed by atoms with Crippen molar-refractivity contribution < 1.29 is 30.0 Å². The Labute approximate surface area is 129 Å². The average Bonchev–Trinajstić information content (AvgIpc) is 2.45. The number of carbonyl (C=O) groups is 2. The van der Waals surface area contributed by atoms with E-state index in [-0.39, 0.29) is 5.54 Å². The molecule has 0 bridgehead atoms. The number of aliphatic carboxylic acids is 2. The molecule has 1 unspecified atom stereocenters. The summed E-state index contributed by atoms with van der Waals surface area (Å²) in [5, 5.41) is 32.5. The van der Waals surface area contributed by atoms with Crippen LogP contribution < -0.4 is 5.73 Å². The summed E-state index contributed by atoms with van der Waals surface area (Å²) < 4.78 is 0. The van der Waals surface area contributed by atoms with Gasteiger partial charge in [-0.15, -0.1) is 0 Å². The summed E-state index contributed by atoms with van der Waals surface area (Å²) in [6, 6.07) is 10.4. The lowest BCUT2D eigenvalue weighted by atomic mass is 9.84. The van der Waals surface area contributed by atoms with Crippen molar-refractivity contribution in [3.05, 3.63) is 35.9 Å². The maximum atomic E-state index is 9.77. The van der Waals surface area contributed by atoms with Gasteiger partial charge in [0.1, 0.15) is 0 Å². The van der Waals surface area contributed by atoms with Crippen LogP contribution in [0.5, 0.6) is 0 Å². The number of benzene rings is 1. The molecule has 0 radical (unpaired) electrons. The molecule has 0 spiro atoms. The highest BCUT2D eigenvalue weighted by Crippen LogP contribution is 2.24. The molecule has 3 atom stereocenters. The smallest absolute Gasteiger partial charge is 0.335 e. The van der Waals surface area contributed by atoms with E-state index in [2.05, 4.69) is 45.0 Å². The van der Waals surface area contributed by atoms with Gasteiger partial charge in [-0.1, -0.05) is 37.3 Å². The van der Waals surface area contributed by atoms with E-state index < -0.39 is 24.1 Å². The minimum atomic E-state index is -2.27. The van der Waals surface area contributed by atoms with Gasteiger partial charge in [-0.05, 0) is 25.3 Å². The van der Waals surface area contributed by atoms with E-state index in [0.717, 1.165) is 0 Å². The summed E-state index contributed by atoms with van der Waals surface area (Å²) >= 11 is 0. The molecular formula is C15H23NO6. The Morgan fingerprint density at radius 1 is 1.00 bits per heavy atom. The van der Waals surface area contributed by atoms with E-state index in [1.807, 2.05) is 6.07 Å². The summed E-state index contributed by atoms with van der Waals surface area (Å²) in [6.45, 7) is 6.28. The Morgan fingerprint density at radius 3 is 1.64 bits per heavy atom. The summed E-state index contributed by atoms with van der Waals surface area (Å²) in [6.07, 6.45) is -4.53. The molecule has 6 N–H and O–H groups in total. The van der Waals surface area contributed by atoms with Crippen LogP contribution in [0.4, 0.5) is 0 Å². The van der Waals surface area contributed by atoms with E-state index in [9.17, 15) is 9.59 Å². The highest BCUT2D eigenvalue weighted by atomic mass is 16.4. The van der Waals surface area contributed by atoms with Gasteiger partial charge < -0.3 is 26.2 Å². The number of aliphatic hydroxyl groups is 2. The van der Waals surface area contributed by atoms with Gasteiger partial charge in [0.25, 0.3) is 0 Å². The second-order valence-electron chi connectivity index (χ2n) is 5.52. The lowest BCUT2D eigenvalue weighted by molar-refractivity contribution is -0.165. The summed E-state index contributed by atoms with van der Waals surface area (Å²) in [5.41, 5.74) is 7.18. The number of aliphatic hydroxyl groups excluding tert-OH is 2. The standard InChI is InChI=1S/C11H17N.C4H6O6/c1-9(11(2,3)12)10-7-5-4-6-8-10;5-1(3(7)8)2(6)4(9)10/h4-9H,12H2,1-3H3;1-2,5-6H,(H,7,8)(H,9,10)/t9-;1-,2?/m10/s1. The molecule has 0 aromatic heterocycles. The van der Waals surface area contributed by atoms with Crippen LogP contribution in [0, 0.1) is 0 Å². The summed E-state index contributed by atoms with van der Waals surface area (Å²) in [5.74, 6) is -3.14. The van der Waals surface area contributed by atoms with Gasteiger partial charge in [-0.2, -0.15) is 0 Å². The maximum Gasteiger partial charge on any atom is 0.335 e. The topological polar surface area (TPSA) is 141 Å². The van der Waals surface area contributed by atoms with Gasteiger partial charge in [0.2, 0.25) is 0 Å². The zero-order valence-corrected chi connectivity index (χ0v) is 12.8. The van der Waals surface area contributed by atoms with E-state index in [1.165, 1.54) is 5.56 Å². The SMILES string of the molecule is C[C@H](c1ccccc1)C(C)(C)N.O=C(O)C(O)[C@H](O)C(=O)O. The molecule has 0 aliphatic heterocycles. The lowest BCUT2D eigenvalue weighted by Gasteiger charge is -2.27. The fourth-order valence-corrected chi connectivity index (χ4v) is 1.44. The molecule has 7 heteroatoms. The number of nitrogens with two attached hydrogens (primary N) is 1. The molecule has 0 saturated carbocycles. The van der Waals surface area contributed by atoms with Gasteiger partial charge in [0.05, 0.1) is 0 Å². The highest BCUT2D eigenvalue weighted by Gasteiger charge is 2.29.